The highest BCUT2D eigenvalue weighted by Crippen LogP contribution is 2.24. The molecule has 3 atom stereocenters. The molecule has 0 saturated carbocycles. The van der Waals surface area contributed by atoms with Crippen molar-refractivity contribution in [1.82, 2.24) is 10.3 Å². The van der Waals surface area contributed by atoms with Gasteiger partial charge in [0.05, 0.1) is 11.6 Å². The molecule has 36 heavy (non-hydrogen) atoms. The second-order valence-electron chi connectivity index (χ2n) is 8.67. The molecule has 184 valence electrons. The smallest absolute Gasteiger partial charge is 0.335 e. The van der Waals surface area contributed by atoms with Crippen molar-refractivity contribution in [3.05, 3.63) is 83.9 Å². The van der Waals surface area contributed by atoms with E-state index in [0.717, 1.165) is 16.8 Å². The maximum Gasteiger partial charge on any atom is 0.335 e. The fourth-order valence-corrected chi connectivity index (χ4v) is 4.20. The highest BCUT2D eigenvalue weighted by molar-refractivity contribution is 5.88. The summed E-state index contributed by atoms with van der Waals surface area (Å²) in [7, 11) is 0. The number of Topliss-reactive ketones (excluding diaryl/α,β-unsaturated/α-hetero) is 1. The van der Waals surface area contributed by atoms with Gasteiger partial charge >= 0.3 is 5.97 Å². The van der Waals surface area contributed by atoms with Gasteiger partial charge in [-0.1, -0.05) is 24.3 Å². The van der Waals surface area contributed by atoms with Gasteiger partial charge in [-0.2, -0.15) is 4.98 Å². The van der Waals surface area contributed by atoms with Crippen molar-refractivity contribution in [2.45, 2.75) is 31.2 Å². The Morgan fingerprint density at radius 3 is 2.53 bits per heavy atom. The van der Waals surface area contributed by atoms with Crippen molar-refractivity contribution in [2.75, 3.05) is 11.9 Å². The van der Waals surface area contributed by atoms with Crippen LogP contribution in [0, 0.1) is 0 Å². The SMILES string of the molecule is O=C(O)c1ccc(OC(C(=O)Cc2ccc(Nc3nc4ccccc4o3)cc2)[C@@H]2C[C@H](F)CN2)cc1. The summed E-state index contributed by atoms with van der Waals surface area (Å²) in [4.78, 5) is 28.7. The number of oxazole rings is 1. The molecule has 1 unspecified atom stereocenters. The van der Waals surface area contributed by atoms with Crippen LogP contribution >= 0.6 is 0 Å². The first-order chi connectivity index (χ1) is 17.4. The molecule has 0 amide bonds. The van der Waals surface area contributed by atoms with Crippen LogP contribution in [0.15, 0.2) is 77.2 Å². The molecule has 1 saturated heterocycles. The maximum absolute atomic E-state index is 13.9. The zero-order valence-electron chi connectivity index (χ0n) is 19.2. The van der Waals surface area contributed by atoms with E-state index >= 15 is 0 Å². The Labute approximate surface area is 206 Å². The molecule has 1 fully saturated rings. The lowest BCUT2D eigenvalue weighted by atomic mass is 9.98. The molecular formula is C27H24FN3O5. The number of carbonyl (C=O) groups is 2. The van der Waals surface area contributed by atoms with Crippen LogP contribution in [0.5, 0.6) is 5.75 Å². The molecule has 1 aromatic heterocycles. The van der Waals surface area contributed by atoms with Crippen LogP contribution in [-0.2, 0) is 11.2 Å². The molecular weight excluding hydrogens is 465 g/mol. The van der Waals surface area contributed by atoms with Gasteiger partial charge in [-0.3, -0.25) is 4.79 Å². The topological polar surface area (TPSA) is 114 Å². The van der Waals surface area contributed by atoms with Crippen molar-refractivity contribution < 1.29 is 28.2 Å². The first kappa shape index (κ1) is 23.5. The zero-order valence-corrected chi connectivity index (χ0v) is 19.2. The Kier molecular flexibility index (Phi) is 6.64. The molecule has 0 spiro atoms. The summed E-state index contributed by atoms with van der Waals surface area (Å²) < 4.78 is 25.5. The van der Waals surface area contributed by atoms with Gasteiger partial charge in [0, 0.05) is 18.7 Å². The Bertz CT molecular complexity index is 1340. The van der Waals surface area contributed by atoms with Crippen molar-refractivity contribution in [1.29, 1.82) is 0 Å². The van der Waals surface area contributed by atoms with E-state index in [1.807, 2.05) is 48.5 Å². The van der Waals surface area contributed by atoms with E-state index in [4.69, 9.17) is 14.3 Å². The van der Waals surface area contributed by atoms with Crippen LogP contribution in [0.25, 0.3) is 11.1 Å². The number of alkyl halides is 1. The number of halogens is 1. The second kappa shape index (κ2) is 10.2. The van der Waals surface area contributed by atoms with E-state index in [1.54, 1.807) is 0 Å². The van der Waals surface area contributed by atoms with Crippen molar-refractivity contribution in [2.24, 2.45) is 0 Å². The van der Waals surface area contributed by atoms with Gasteiger partial charge < -0.3 is 24.9 Å². The van der Waals surface area contributed by atoms with E-state index in [9.17, 15) is 14.0 Å². The molecule has 8 nitrogen and oxygen atoms in total. The minimum Gasteiger partial charge on any atom is -0.481 e. The number of carboxylic acid groups (broad SMARTS) is 1. The molecule has 3 aromatic carbocycles. The van der Waals surface area contributed by atoms with Crippen LogP contribution in [-0.4, -0.2) is 46.7 Å². The van der Waals surface area contributed by atoms with Gasteiger partial charge in [-0.25, -0.2) is 9.18 Å². The maximum atomic E-state index is 13.9. The fraction of sp³-hybridized carbons (Fsp3) is 0.222. The Morgan fingerprint density at radius 2 is 1.86 bits per heavy atom. The van der Waals surface area contributed by atoms with Crippen LogP contribution in [0.1, 0.15) is 22.3 Å². The van der Waals surface area contributed by atoms with Gasteiger partial charge in [0.25, 0.3) is 6.01 Å². The quantitative estimate of drug-likeness (QED) is 0.314. The van der Waals surface area contributed by atoms with Gasteiger partial charge in [0.15, 0.2) is 17.5 Å². The number of aromatic nitrogens is 1. The lowest BCUT2D eigenvalue weighted by Crippen LogP contribution is -2.45. The summed E-state index contributed by atoms with van der Waals surface area (Å²) in [6.45, 7) is 0.159. The van der Waals surface area contributed by atoms with Crippen LogP contribution in [0.2, 0.25) is 0 Å². The number of carbonyl (C=O) groups excluding carboxylic acids is 1. The molecule has 4 aromatic rings. The normalized spacial score (nSPS) is 18.1. The fourth-order valence-electron chi connectivity index (χ4n) is 4.20. The number of para-hydroxylation sites is 2. The highest BCUT2D eigenvalue weighted by Gasteiger charge is 2.36. The van der Waals surface area contributed by atoms with E-state index in [0.29, 0.717) is 17.3 Å². The number of carboxylic acids is 1. The van der Waals surface area contributed by atoms with Crippen LogP contribution in [0.3, 0.4) is 0 Å². The largest absolute Gasteiger partial charge is 0.481 e. The minimum atomic E-state index is -1.06. The standard InChI is InChI=1S/C27H24FN3O5/c28-18-14-22(29-15-18)25(35-20-11-7-17(8-12-20)26(33)34)23(32)13-16-5-9-19(10-6-16)30-27-31-21-3-1-2-4-24(21)36-27/h1-12,18,22,25,29H,13-15H2,(H,30,31)(H,33,34)/t18-,22-,25?/m0/s1. The number of aromatic carboxylic acids is 1. The molecule has 0 bridgehead atoms. The van der Waals surface area contributed by atoms with Crippen molar-refractivity contribution in [3.8, 4) is 5.75 Å². The first-order valence-corrected chi connectivity index (χ1v) is 11.6. The number of hydrogen-bond acceptors (Lipinski definition) is 7. The number of nitrogens with zero attached hydrogens (tertiary/aromatic N) is 1. The number of anilines is 2. The Hall–Kier alpha value is -4.24. The monoisotopic (exact) mass is 489 g/mol. The van der Waals surface area contributed by atoms with E-state index < -0.39 is 24.3 Å². The number of hydrogen-bond donors (Lipinski definition) is 3. The average Bonchev–Trinajstić information content (AvgIpc) is 3.49. The summed E-state index contributed by atoms with van der Waals surface area (Å²) in [6.07, 6.45) is -1.72. The lowest BCUT2D eigenvalue weighted by molar-refractivity contribution is -0.126. The highest BCUT2D eigenvalue weighted by atomic mass is 19.1. The second-order valence-corrected chi connectivity index (χ2v) is 8.67. The van der Waals surface area contributed by atoms with E-state index in [1.165, 1.54) is 24.3 Å². The van der Waals surface area contributed by atoms with Gasteiger partial charge in [-0.05, 0) is 60.5 Å². The average molecular weight is 490 g/mol. The number of fused-ring (bicyclic) bond motifs is 1. The molecule has 1 aliphatic heterocycles. The van der Waals surface area contributed by atoms with Gasteiger partial charge in [0.1, 0.15) is 17.4 Å². The number of ether oxygens (including phenoxy) is 1. The third-order valence-electron chi connectivity index (χ3n) is 6.04. The third kappa shape index (κ3) is 5.36. The molecule has 2 heterocycles. The predicted molar refractivity (Wildman–Crippen MR) is 132 cm³/mol. The van der Waals surface area contributed by atoms with Crippen molar-refractivity contribution >= 4 is 34.6 Å². The predicted octanol–water partition coefficient (Wildman–Crippen LogP) is 4.53. The van der Waals surface area contributed by atoms with E-state index in [2.05, 4.69) is 15.6 Å². The molecule has 9 heteroatoms. The Balaban J connectivity index is 1.27. The molecule has 5 rings (SSSR count). The van der Waals surface area contributed by atoms with Crippen LogP contribution < -0.4 is 15.4 Å². The molecule has 0 radical (unpaired) electrons. The lowest BCUT2D eigenvalue weighted by Gasteiger charge is -2.24. The summed E-state index contributed by atoms with van der Waals surface area (Å²) in [5, 5.41) is 15.2. The Morgan fingerprint density at radius 1 is 1.11 bits per heavy atom. The zero-order chi connectivity index (χ0) is 25.1. The van der Waals surface area contributed by atoms with Gasteiger partial charge in [-0.15, -0.1) is 0 Å². The van der Waals surface area contributed by atoms with Crippen molar-refractivity contribution in [3.63, 3.8) is 0 Å². The number of ketones is 1. The summed E-state index contributed by atoms with van der Waals surface area (Å²) in [5.41, 5.74) is 3.07. The van der Waals surface area contributed by atoms with Gasteiger partial charge in [0.2, 0.25) is 0 Å². The number of nitrogens with one attached hydrogen (secondary N) is 2. The summed E-state index contributed by atoms with van der Waals surface area (Å²) in [6, 6.07) is 20.4. The first-order valence-electron chi connectivity index (χ1n) is 11.6. The number of benzene rings is 3. The summed E-state index contributed by atoms with van der Waals surface area (Å²) in [5.74, 6) is -0.912. The van der Waals surface area contributed by atoms with Crippen LogP contribution in [0.4, 0.5) is 16.1 Å². The molecule has 0 aliphatic carbocycles. The molecule has 3 N–H and O–H groups in total. The third-order valence-corrected chi connectivity index (χ3v) is 6.04. The molecule has 1 aliphatic rings. The van der Waals surface area contributed by atoms with E-state index in [-0.39, 0.29) is 30.7 Å². The number of rotatable bonds is 9. The summed E-state index contributed by atoms with van der Waals surface area (Å²) >= 11 is 0. The minimum absolute atomic E-state index is 0.0934.